The summed E-state index contributed by atoms with van der Waals surface area (Å²) in [7, 11) is 4.92. The minimum Gasteiger partial charge on any atom is -0.493 e. The predicted molar refractivity (Wildman–Crippen MR) is 211 cm³/mol. The third kappa shape index (κ3) is 13.9. The molecule has 1 aliphatic rings. The van der Waals surface area contributed by atoms with Crippen LogP contribution >= 0.6 is 0 Å². The first-order valence-electron chi connectivity index (χ1n) is 18.3. The molecule has 310 valence electrons. The summed E-state index contributed by atoms with van der Waals surface area (Å²) < 4.78 is 15.9. The molecule has 0 aliphatic carbocycles. The summed E-state index contributed by atoms with van der Waals surface area (Å²) in [5.74, 6) is 6.23. The van der Waals surface area contributed by atoms with Crippen molar-refractivity contribution in [3.63, 3.8) is 0 Å². The van der Waals surface area contributed by atoms with Gasteiger partial charge in [0.2, 0.25) is 24.1 Å². The number of carbonyl (C=O) groups excluding carboxylic acids is 4. The summed E-state index contributed by atoms with van der Waals surface area (Å²) in [5, 5.41) is 21.3. The van der Waals surface area contributed by atoms with Gasteiger partial charge in [-0.1, -0.05) is 39.0 Å². The van der Waals surface area contributed by atoms with E-state index in [4.69, 9.17) is 25.8 Å². The van der Waals surface area contributed by atoms with E-state index in [-0.39, 0.29) is 49.4 Å². The average Bonchev–Trinajstić information content (AvgIpc) is 3.62. The number of hydrazine groups is 1. The molecular formula is C39H60N8O9. The van der Waals surface area contributed by atoms with Gasteiger partial charge >= 0.3 is 5.97 Å². The van der Waals surface area contributed by atoms with Gasteiger partial charge in [0.25, 0.3) is 0 Å². The highest BCUT2D eigenvalue weighted by Crippen LogP contribution is 2.28. The molecule has 5 atom stereocenters. The number of aliphatic carboxylic acids is 1. The summed E-state index contributed by atoms with van der Waals surface area (Å²) in [4.78, 5) is 63.0. The quantitative estimate of drug-likeness (QED) is 0.0636. The van der Waals surface area contributed by atoms with Crippen molar-refractivity contribution >= 4 is 30.1 Å². The number of aryl methyl sites for hydroxylation is 1. The molecule has 1 fully saturated rings. The van der Waals surface area contributed by atoms with Crippen molar-refractivity contribution in [3.05, 3.63) is 65.5 Å². The summed E-state index contributed by atoms with van der Waals surface area (Å²) in [5.41, 5.74) is 7.68. The Hall–Kier alpha value is -5.55. The maximum Gasteiger partial charge on any atom is 0.326 e. The molecule has 2 aromatic carbocycles. The van der Waals surface area contributed by atoms with E-state index in [0.717, 1.165) is 11.5 Å². The lowest BCUT2D eigenvalue weighted by Crippen LogP contribution is -2.59. The molecule has 0 saturated carbocycles. The van der Waals surface area contributed by atoms with E-state index in [1.165, 1.54) is 21.7 Å². The van der Waals surface area contributed by atoms with Gasteiger partial charge in [0, 0.05) is 32.1 Å². The van der Waals surface area contributed by atoms with E-state index >= 15 is 0 Å². The van der Waals surface area contributed by atoms with Crippen molar-refractivity contribution in [2.45, 2.75) is 84.6 Å². The molecule has 3 rings (SSSR count). The number of hydrogen-bond acceptors (Lipinski definition) is 12. The zero-order valence-corrected chi connectivity index (χ0v) is 33.9. The van der Waals surface area contributed by atoms with Gasteiger partial charge in [0.15, 0.2) is 11.5 Å². The number of likely N-dealkylation sites (N-methyl/N-ethyl adjacent to an activating group) is 2. The highest BCUT2D eigenvalue weighted by Gasteiger charge is 2.46. The SMILES string of the molecule is CCNC(=O)C1CC(N(N)/C=C(\N)COc2ccc(CC(NC=O)C(=O)O)cc2)CN1C(=O)C(NC(=O)C(C)NC)C(C)(C)C.COc1ccc(C)cc1OC. The molecule has 4 amide bonds. The first kappa shape index (κ1) is 46.6. The Morgan fingerprint density at radius 2 is 1.71 bits per heavy atom. The Morgan fingerprint density at radius 1 is 1.07 bits per heavy atom. The molecule has 9 N–H and O–H groups in total. The number of amides is 4. The van der Waals surface area contributed by atoms with Gasteiger partial charge in [-0.2, -0.15) is 0 Å². The van der Waals surface area contributed by atoms with Gasteiger partial charge in [-0.05, 0) is 68.6 Å². The Kier molecular flexibility index (Phi) is 18.4. The third-order valence-corrected chi connectivity index (χ3v) is 9.05. The number of carboxylic acids is 1. The minimum absolute atomic E-state index is 0.0195. The number of ether oxygens (including phenoxy) is 3. The lowest BCUT2D eigenvalue weighted by atomic mass is 9.85. The second kappa shape index (κ2) is 22.1. The van der Waals surface area contributed by atoms with Gasteiger partial charge < -0.3 is 56.2 Å². The fourth-order valence-electron chi connectivity index (χ4n) is 5.73. The number of rotatable bonds is 18. The van der Waals surface area contributed by atoms with Crippen molar-refractivity contribution in [3.8, 4) is 17.2 Å². The van der Waals surface area contributed by atoms with E-state index in [9.17, 15) is 29.1 Å². The molecular weight excluding hydrogens is 724 g/mol. The van der Waals surface area contributed by atoms with Crippen LogP contribution in [0.4, 0.5) is 0 Å². The molecule has 17 nitrogen and oxygen atoms in total. The number of carboxylic acid groups (broad SMARTS) is 1. The first-order valence-corrected chi connectivity index (χ1v) is 18.3. The molecule has 0 bridgehead atoms. The van der Waals surface area contributed by atoms with Gasteiger partial charge in [0.05, 0.1) is 32.0 Å². The number of carbonyl (C=O) groups is 5. The third-order valence-electron chi connectivity index (χ3n) is 9.05. The number of likely N-dealkylation sites (tertiary alicyclic amines) is 1. The molecule has 1 heterocycles. The summed E-state index contributed by atoms with van der Waals surface area (Å²) >= 11 is 0. The zero-order valence-electron chi connectivity index (χ0n) is 33.9. The van der Waals surface area contributed by atoms with Crippen LogP contribution < -0.4 is 47.1 Å². The van der Waals surface area contributed by atoms with Gasteiger partial charge in [0.1, 0.15) is 30.5 Å². The second-order valence-electron chi connectivity index (χ2n) is 14.4. The van der Waals surface area contributed by atoms with E-state index in [1.54, 1.807) is 59.4 Å². The molecule has 1 saturated heterocycles. The van der Waals surface area contributed by atoms with Crippen molar-refractivity contribution in [1.82, 2.24) is 31.2 Å². The fraction of sp³-hybridized carbons (Fsp3) is 0.513. The summed E-state index contributed by atoms with van der Waals surface area (Å²) in [6.07, 6.45) is 2.19. The van der Waals surface area contributed by atoms with Crippen LogP contribution in [0.5, 0.6) is 17.2 Å². The standard InChI is InChI=1S/C30H48N8O7.C9H12O2/c1-7-34-27(41)24-13-21(15-37(24)28(42)25(30(3,4)5)36-26(40)18(2)33-6)38(32)14-20(31)16-45-22-10-8-19(9-11-22)12-23(29(43)44)35-17-39;1-7-4-5-8(10-2)9(6-7)11-3/h8-11,14,17-18,21,23-25,33H,7,12-13,15-16,31-32H2,1-6H3,(H,34,41)(H,35,39)(H,36,40)(H,43,44);4-6H,1-3H3/b20-14-;. The summed E-state index contributed by atoms with van der Waals surface area (Å²) in [6, 6.07) is 8.81. The number of methoxy groups -OCH3 is 2. The van der Waals surface area contributed by atoms with Crippen molar-refractivity contribution in [2.24, 2.45) is 17.0 Å². The first-order chi connectivity index (χ1) is 26.4. The van der Waals surface area contributed by atoms with Gasteiger partial charge in [-0.15, -0.1) is 0 Å². The molecule has 0 aromatic heterocycles. The van der Waals surface area contributed by atoms with Crippen LogP contribution in [-0.2, 0) is 30.4 Å². The molecule has 2 aromatic rings. The lowest BCUT2D eigenvalue weighted by Gasteiger charge is -2.36. The average molecular weight is 785 g/mol. The fourth-order valence-corrected chi connectivity index (χ4v) is 5.73. The predicted octanol–water partition coefficient (Wildman–Crippen LogP) is 1.04. The normalized spacial score (nSPS) is 16.9. The van der Waals surface area contributed by atoms with E-state index in [2.05, 4.69) is 21.3 Å². The Bertz CT molecular complexity index is 1650. The Balaban J connectivity index is 0.000000841. The monoisotopic (exact) mass is 784 g/mol. The highest BCUT2D eigenvalue weighted by molar-refractivity contribution is 5.94. The van der Waals surface area contributed by atoms with Crippen LogP contribution in [0.2, 0.25) is 0 Å². The molecule has 0 radical (unpaired) electrons. The number of nitrogens with zero attached hydrogens (tertiary/aromatic N) is 2. The van der Waals surface area contributed by atoms with Crippen LogP contribution in [0, 0.1) is 12.3 Å². The van der Waals surface area contributed by atoms with Crippen LogP contribution in [0.3, 0.4) is 0 Å². The maximum absolute atomic E-state index is 13.9. The van der Waals surface area contributed by atoms with Gasteiger partial charge in [-0.3, -0.25) is 19.2 Å². The Morgan fingerprint density at radius 3 is 2.25 bits per heavy atom. The van der Waals surface area contributed by atoms with Gasteiger partial charge in [-0.25, -0.2) is 10.6 Å². The molecule has 56 heavy (non-hydrogen) atoms. The topological polar surface area (TPSA) is 240 Å². The lowest BCUT2D eigenvalue weighted by molar-refractivity contribution is -0.144. The number of nitrogens with two attached hydrogens (primary N) is 2. The molecule has 17 heteroatoms. The van der Waals surface area contributed by atoms with E-state index in [1.807, 2.05) is 45.9 Å². The van der Waals surface area contributed by atoms with Crippen LogP contribution in [0.25, 0.3) is 0 Å². The van der Waals surface area contributed by atoms with Crippen molar-refractivity contribution < 1.29 is 43.3 Å². The molecule has 5 unspecified atom stereocenters. The highest BCUT2D eigenvalue weighted by atomic mass is 16.5. The number of nitrogens with one attached hydrogen (secondary N) is 4. The van der Waals surface area contributed by atoms with E-state index < -0.39 is 41.6 Å². The largest absolute Gasteiger partial charge is 0.493 e. The van der Waals surface area contributed by atoms with Crippen LogP contribution in [-0.4, -0.2) is 116 Å². The molecule has 1 aliphatic heterocycles. The van der Waals surface area contributed by atoms with Crippen LogP contribution in [0.1, 0.15) is 52.2 Å². The maximum atomic E-state index is 13.9. The van der Waals surface area contributed by atoms with E-state index in [0.29, 0.717) is 24.3 Å². The van der Waals surface area contributed by atoms with Crippen LogP contribution in [0.15, 0.2) is 54.4 Å². The smallest absolute Gasteiger partial charge is 0.326 e. The molecule has 0 spiro atoms. The second-order valence-corrected chi connectivity index (χ2v) is 14.4. The Labute approximate surface area is 329 Å². The minimum atomic E-state index is -1.14. The summed E-state index contributed by atoms with van der Waals surface area (Å²) in [6.45, 7) is 11.5. The number of benzene rings is 2. The van der Waals surface area contributed by atoms with Crippen molar-refractivity contribution in [2.75, 3.05) is 41.0 Å². The number of hydrogen-bond donors (Lipinski definition) is 7. The zero-order chi connectivity index (χ0) is 42.2. The van der Waals surface area contributed by atoms with Crippen molar-refractivity contribution in [1.29, 1.82) is 0 Å².